The van der Waals surface area contributed by atoms with E-state index in [-0.39, 0.29) is 29.0 Å². The monoisotopic (exact) mass is 273 g/mol. The number of aromatic hydroxyl groups is 2. The standard InChI is InChI=1S/C15H15NO4/c17-13-5-1-4-12(14(13)18)15(19)16(10-6-7-10)9-11-3-2-8-20-11/h1-5,8,10,17-18H,6-7,9H2. The molecule has 0 spiro atoms. The minimum atomic E-state index is -0.373. The highest BCUT2D eigenvalue weighted by atomic mass is 16.3. The Morgan fingerprint density at radius 3 is 2.70 bits per heavy atom. The highest BCUT2D eigenvalue weighted by Gasteiger charge is 2.34. The van der Waals surface area contributed by atoms with E-state index >= 15 is 0 Å². The molecule has 0 aliphatic heterocycles. The van der Waals surface area contributed by atoms with Crippen LogP contribution in [0, 0.1) is 0 Å². The van der Waals surface area contributed by atoms with Crippen molar-refractivity contribution in [2.75, 3.05) is 0 Å². The Bertz CT molecular complexity index is 617. The molecule has 1 saturated carbocycles. The summed E-state index contributed by atoms with van der Waals surface area (Å²) in [5.41, 5.74) is 0.114. The van der Waals surface area contributed by atoms with Gasteiger partial charge in [-0.1, -0.05) is 6.07 Å². The van der Waals surface area contributed by atoms with Crippen molar-refractivity contribution >= 4 is 5.91 Å². The number of phenols is 2. The molecule has 20 heavy (non-hydrogen) atoms. The quantitative estimate of drug-likeness (QED) is 0.839. The first kappa shape index (κ1) is 12.6. The van der Waals surface area contributed by atoms with Gasteiger partial charge in [0.05, 0.1) is 18.4 Å². The second-order valence-corrected chi connectivity index (χ2v) is 4.92. The molecule has 0 unspecified atom stereocenters. The lowest BCUT2D eigenvalue weighted by molar-refractivity contribution is 0.0713. The molecule has 1 fully saturated rings. The van der Waals surface area contributed by atoms with Crippen LogP contribution in [-0.4, -0.2) is 27.1 Å². The molecule has 1 amide bonds. The molecule has 0 atom stereocenters. The van der Waals surface area contributed by atoms with Crippen molar-refractivity contribution < 1.29 is 19.4 Å². The minimum Gasteiger partial charge on any atom is -0.504 e. The largest absolute Gasteiger partial charge is 0.504 e. The molecule has 1 aromatic carbocycles. The lowest BCUT2D eigenvalue weighted by atomic mass is 10.1. The molecular formula is C15H15NO4. The lowest BCUT2D eigenvalue weighted by Crippen LogP contribution is -2.32. The predicted octanol–water partition coefficient (Wildman–Crippen LogP) is 2.50. The summed E-state index contributed by atoms with van der Waals surface area (Å²) in [6, 6.07) is 8.16. The zero-order chi connectivity index (χ0) is 14.1. The van der Waals surface area contributed by atoms with Crippen molar-refractivity contribution in [3.63, 3.8) is 0 Å². The van der Waals surface area contributed by atoms with Gasteiger partial charge in [0.1, 0.15) is 5.76 Å². The number of carbonyl (C=O) groups is 1. The second-order valence-electron chi connectivity index (χ2n) is 4.92. The zero-order valence-corrected chi connectivity index (χ0v) is 10.8. The number of nitrogens with zero attached hydrogens (tertiary/aromatic N) is 1. The first-order valence-electron chi connectivity index (χ1n) is 6.51. The SMILES string of the molecule is O=C(c1cccc(O)c1O)N(Cc1ccco1)C1CC1. The van der Waals surface area contributed by atoms with Crippen LogP contribution < -0.4 is 0 Å². The summed E-state index contributed by atoms with van der Waals surface area (Å²) in [6.45, 7) is 0.367. The Labute approximate surface area is 116 Å². The average Bonchev–Trinajstić information content (AvgIpc) is 3.15. The molecule has 1 aliphatic rings. The van der Waals surface area contributed by atoms with E-state index < -0.39 is 0 Å². The van der Waals surface area contributed by atoms with Crippen LogP contribution in [-0.2, 0) is 6.54 Å². The van der Waals surface area contributed by atoms with Crippen LogP contribution in [0.1, 0.15) is 29.0 Å². The number of rotatable bonds is 4. The maximum atomic E-state index is 12.5. The summed E-state index contributed by atoms with van der Waals surface area (Å²) in [5, 5.41) is 19.3. The second kappa shape index (κ2) is 4.92. The topological polar surface area (TPSA) is 73.9 Å². The highest BCUT2D eigenvalue weighted by Crippen LogP contribution is 2.34. The molecule has 2 N–H and O–H groups in total. The third-order valence-corrected chi connectivity index (χ3v) is 3.40. The Kier molecular flexibility index (Phi) is 3.10. The van der Waals surface area contributed by atoms with E-state index in [1.54, 1.807) is 23.3 Å². The first-order chi connectivity index (χ1) is 9.66. The van der Waals surface area contributed by atoms with Crippen molar-refractivity contribution in [2.45, 2.75) is 25.4 Å². The maximum absolute atomic E-state index is 12.5. The number of phenolic OH excluding ortho intramolecular Hbond substituents is 2. The van der Waals surface area contributed by atoms with Crippen molar-refractivity contribution in [3.05, 3.63) is 47.9 Å². The van der Waals surface area contributed by atoms with Gasteiger partial charge in [-0.3, -0.25) is 4.79 Å². The van der Waals surface area contributed by atoms with Gasteiger partial charge in [0.25, 0.3) is 5.91 Å². The molecule has 0 radical (unpaired) electrons. The molecule has 1 heterocycles. The molecule has 0 bridgehead atoms. The number of benzene rings is 1. The van der Waals surface area contributed by atoms with Gasteiger partial charge in [0.2, 0.25) is 0 Å². The number of hydrogen-bond donors (Lipinski definition) is 2. The molecule has 104 valence electrons. The number of carbonyl (C=O) groups excluding carboxylic acids is 1. The summed E-state index contributed by atoms with van der Waals surface area (Å²) in [4.78, 5) is 14.2. The van der Waals surface area contributed by atoms with E-state index in [9.17, 15) is 15.0 Å². The highest BCUT2D eigenvalue weighted by molar-refractivity contribution is 5.97. The van der Waals surface area contributed by atoms with Crippen LogP contribution >= 0.6 is 0 Å². The molecule has 0 saturated heterocycles. The van der Waals surface area contributed by atoms with Crippen LogP contribution in [0.3, 0.4) is 0 Å². The Morgan fingerprint density at radius 1 is 1.25 bits per heavy atom. The number of hydrogen-bond acceptors (Lipinski definition) is 4. The number of para-hydroxylation sites is 1. The van der Waals surface area contributed by atoms with Gasteiger partial charge in [-0.15, -0.1) is 0 Å². The smallest absolute Gasteiger partial charge is 0.258 e. The van der Waals surface area contributed by atoms with Gasteiger partial charge in [-0.05, 0) is 37.1 Å². The summed E-state index contributed by atoms with van der Waals surface area (Å²) in [5.74, 6) is -0.255. The van der Waals surface area contributed by atoms with Crippen LogP contribution in [0.5, 0.6) is 11.5 Å². The van der Waals surface area contributed by atoms with Gasteiger partial charge in [0, 0.05) is 6.04 Å². The van der Waals surface area contributed by atoms with E-state index in [1.165, 1.54) is 12.1 Å². The fourth-order valence-corrected chi connectivity index (χ4v) is 2.18. The van der Waals surface area contributed by atoms with Crippen molar-refractivity contribution in [1.82, 2.24) is 4.90 Å². The van der Waals surface area contributed by atoms with E-state index in [2.05, 4.69) is 0 Å². The van der Waals surface area contributed by atoms with E-state index in [0.29, 0.717) is 12.3 Å². The van der Waals surface area contributed by atoms with Gasteiger partial charge in [-0.25, -0.2) is 0 Å². The van der Waals surface area contributed by atoms with Gasteiger partial charge in [0.15, 0.2) is 11.5 Å². The lowest BCUT2D eigenvalue weighted by Gasteiger charge is -2.22. The molecule has 1 aromatic heterocycles. The summed E-state index contributed by atoms with van der Waals surface area (Å²) in [6.07, 6.45) is 3.47. The van der Waals surface area contributed by atoms with Crippen LogP contribution in [0.25, 0.3) is 0 Å². The molecule has 1 aliphatic carbocycles. The Balaban J connectivity index is 1.87. The zero-order valence-electron chi connectivity index (χ0n) is 10.8. The Hall–Kier alpha value is -2.43. The van der Waals surface area contributed by atoms with Gasteiger partial charge in [-0.2, -0.15) is 0 Å². The normalized spacial score (nSPS) is 14.2. The first-order valence-corrected chi connectivity index (χ1v) is 6.51. The fourth-order valence-electron chi connectivity index (χ4n) is 2.18. The van der Waals surface area contributed by atoms with E-state index in [0.717, 1.165) is 12.8 Å². The van der Waals surface area contributed by atoms with Crippen molar-refractivity contribution in [2.24, 2.45) is 0 Å². The third-order valence-electron chi connectivity index (χ3n) is 3.40. The Morgan fingerprint density at radius 2 is 2.05 bits per heavy atom. The molecule has 5 heteroatoms. The van der Waals surface area contributed by atoms with Crippen LogP contribution in [0.15, 0.2) is 41.0 Å². The summed E-state index contributed by atoms with van der Waals surface area (Å²) >= 11 is 0. The summed E-state index contributed by atoms with van der Waals surface area (Å²) in [7, 11) is 0. The van der Waals surface area contributed by atoms with E-state index in [1.807, 2.05) is 6.07 Å². The van der Waals surface area contributed by atoms with Gasteiger partial charge >= 0.3 is 0 Å². The number of amides is 1. The van der Waals surface area contributed by atoms with E-state index in [4.69, 9.17) is 4.42 Å². The predicted molar refractivity (Wildman–Crippen MR) is 71.4 cm³/mol. The van der Waals surface area contributed by atoms with Crippen molar-refractivity contribution in [1.29, 1.82) is 0 Å². The third kappa shape index (κ3) is 2.34. The summed E-state index contributed by atoms with van der Waals surface area (Å²) < 4.78 is 5.28. The fraction of sp³-hybridized carbons (Fsp3) is 0.267. The molecular weight excluding hydrogens is 258 g/mol. The average molecular weight is 273 g/mol. The minimum absolute atomic E-state index is 0.114. The molecule has 3 rings (SSSR count). The molecule has 2 aromatic rings. The maximum Gasteiger partial charge on any atom is 0.258 e. The van der Waals surface area contributed by atoms with Gasteiger partial charge < -0.3 is 19.5 Å². The van der Waals surface area contributed by atoms with Crippen molar-refractivity contribution in [3.8, 4) is 11.5 Å². The molecule has 5 nitrogen and oxygen atoms in total. The van der Waals surface area contributed by atoms with Crippen LogP contribution in [0.2, 0.25) is 0 Å². The number of furan rings is 1. The van der Waals surface area contributed by atoms with Crippen LogP contribution in [0.4, 0.5) is 0 Å².